The summed E-state index contributed by atoms with van der Waals surface area (Å²) >= 11 is 0. The molecule has 0 atom stereocenters. The third kappa shape index (κ3) is 7.25. The number of carbonyl (C=O) groups is 1. The summed E-state index contributed by atoms with van der Waals surface area (Å²) in [7, 11) is 0. The van der Waals surface area contributed by atoms with Gasteiger partial charge in [-0.3, -0.25) is 4.79 Å². The zero-order valence-corrected chi connectivity index (χ0v) is 12.3. The van der Waals surface area contributed by atoms with Crippen molar-refractivity contribution >= 4 is 24.1 Å². The minimum Gasteiger partial charge on any atom is -0.481 e. The van der Waals surface area contributed by atoms with Gasteiger partial charge in [0.2, 0.25) is 5.95 Å². The number of carboxylic acid groups (broad SMARTS) is 1. The summed E-state index contributed by atoms with van der Waals surface area (Å²) in [6, 6.07) is 1.83. The Hall–Kier alpha value is -2.17. The second kappa shape index (κ2) is 9.69. The molecule has 1 rings (SSSR count). The summed E-state index contributed by atoms with van der Waals surface area (Å²) < 4.78 is 0. The smallest absolute Gasteiger partial charge is 0.303 e. The van der Waals surface area contributed by atoms with Crippen molar-refractivity contribution in [3.05, 3.63) is 30.6 Å². The number of hydrogen-bond donors (Lipinski definition) is 2. The number of nitrogens with one attached hydrogen (secondary N) is 1. The van der Waals surface area contributed by atoms with E-state index in [1.54, 1.807) is 12.2 Å². The van der Waals surface area contributed by atoms with E-state index in [4.69, 9.17) is 5.11 Å². The lowest BCUT2D eigenvalue weighted by molar-refractivity contribution is -0.137. The second-order valence-corrected chi connectivity index (χ2v) is 4.79. The first kappa shape index (κ1) is 16.9. The predicted octanol–water partition coefficient (Wildman–Crippen LogP) is 3.60. The van der Waals surface area contributed by atoms with Crippen LogP contribution in [0.25, 0.3) is 12.2 Å². The molecule has 0 aromatic carbocycles. The lowest BCUT2D eigenvalue weighted by atomic mass is 10.1. The van der Waals surface area contributed by atoms with Crippen molar-refractivity contribution in [3.63, 3.8) is 0 Å². The van der Waals surface area contributed by atoms with Crippen LogP contribution in [-0.4, -0.2) is 27.6 Å². The number of rotatable bonds is 11. The molecule has 0 aliphatic rings. The van der Waals surface area contributed by atoms with E-state index in [1.165, 1.54) is 0 Å². The Morgan fingerprint density at radius 1 is 1.10 bits per heavy atom. The van der Waals surface area contributed by atoms with Crippen molar-refractivity contribution < 1.29 is 9.90 Å². The van der Waals surface area contributed by atoms with Crippen LogP contribution in [0.5, 0.6) is 0 Å². The average molecular weight is 289 g/mol. The molecule has 21 heavy (non-hydrogen) atoms. The molecule has 1 heterocycles. The highest BCUT2D eigenvalue weighted by atomic mass is 16.4. The summed E-state index contributed by atoms with van der Waals surface area (Å²) in [5.74, 6) is -0.123. The predicted molar refractivity (Wildman–Crippen MR) is 86.0 cm³/mol. The topological polar surface area (TPSA) is 75.1 Å². The molecule has 1 aromatic heterocycles. The van der Waals surface area contributed by atoms with E-state index in [-0.39, 0.29) is 6.42 Å². The number of nitrogens with zero attached hydrogens (tertiary/aromatic N) is 2. The van der Waals surface area contributed by atoms with Gasteiger partial charge in [-0.25, -0.2) is 9.97 Å². The van der Waals surface area contributed by atoms with Crippen LogP contribution in [0.1, 0.15) is 49.9 Å². The average Bonchev–Trinajstić information content (AvgIpc) is 2.49. The van der Waals surface area contributed by atoms with Gasteiger partial charge in [0.05, 0.1) is 11.4 Å². The SMILES string of the molecule is C=Cc1cc(C=C)nc(NCCCCCCCC(=O)O)n1. The Bertz CT molecular complexity index is 460. The molecular weight excluding hydrogens is 266 g/mol. The minimum absolute atomic E-state index is 0.269. The van der Waals surface area contributed by atoms with Crippen molar-refractivity contribution in [2.24, 2.45) is 0 Å². The van der Waals surface area contributed by atoms with Crippen LogP contribution >= 0.6 is 0 Å². The maximum Gasteiger partial charge on any atom is 0.303 e. The highest BCUT2D eigenvalue weighted by Gasteiger charge is 2.00. The number of aliphatic carboxylic acids is 1. The molecule has 0 radical (unpaired) electrons. The van der Waals surface area contributed by atoms with E-state index < -0.39 is 5.97 Å². The normalized spacial score (nSPS) is 10.1. The van der Waals surface area contributed by atoms with E-state index in [0.717, 1.165) is 50.0 Å². The quantitative estimate of drug-likeness (QED) is 0.609. The standard InChI is InChI=1S/C16H23N3O2/c1-3-13-12-14(4-2)19-16(18-13)17-11-9-7-5-6-8-10-15(20)21/h3-4,12H,1-2,5-11H2,(H,20,21)(H,17,18,19). The molecule has 0 aliphatic heterocycles. The molecule has 0 bridgehead atoms. The molecule has 0 unspecified atom stereocenters. The van der Waals surface area contributed by atoms with Gasteiger partial charge in [-0.1, -0.05) is 32.4 Å². The van der Waals surface area contributed by atoms with Crippen molar-refractivity contribution in [2.75, 3.05) is 11.9 Å². The first-order valence-electron chi connectivity index (χ1n) is 7.25. The van der Waals surface area contributed by atoms with Gasteiger partial charge in [0.25, 0.3) is 0 Å². The first-order chi connectivity index (χ1) is 10.2. The van der Waals surface area contributed by atoms with E-state index in [2.05, 4.69) is 28.4 Å². The lowest BCUT2D eigenvalue weighted by Crippen LogP contribution is -2.06. The number of aromatic nitrogens is 2. The molecule has 0 spiro atoms. The Kier molecular flexibility index (Phi) is 7.79. The molecule has 0 saturated carbocycles. The van der Waals surface area contributed by atoms with Crippen LogP contribution in [0, 0.1) is 0 Å². The Morgan fingerprint density at radius 3 is 2.24 bits per heavy atom. The molecule has 114 valence electrons. The minimum atomic E-state index is -0.714. The number of carboxylic acids is 1. The van der Waals surface area contributed by atoms with Gasteiger partial charge in [0, 0.05) is 13.0 Å². The molecule has 1 aromatic rings. The maximum absolute atomic E-state index is 10.4. The molecule has 5 nitrogen and oxygen atoms in total. The van der Waals surface area contributed by atoms with E-state index in [1.807, 2.05) is 6.07 Å². The lowest BCUT2D eigenvalue weighted by Gasteiger charge is -2.06. The molecule has 0 fully saturated rings. The van der Waals surface area contributed by atoms with Gasteiger partial charge >= 0.3 is 5.97 Å². The Morgan fingerprint density at radius 2 is 1.67 bits per heavy atom. The van der Waals surface area contributed by atoms with E-state index in [0.29, 0.717) is 5.95 Å². The monoisotopic (exact) mass is 289 g/mol. The fourth-order valence-corrected chi connectivity index (χ4v) is 1.91. The zero-order valence-electron chi connectivity index (χ0n) is 12.3. The first-order valence-corrected chi connectivity index (χ1v) is 7.25. The highest BCUT2D eigenvalue weighted by molar-refractivity contribution is 5.66. The maximum atomic E-state index is 10.4. The highest BCUT2D eigenvalue weighted by Crippen LogP contribution is 2.09. The number of unbranched alkanes of at least 4 members (excludes halogenated alkanes) is 4. The van der Waals surface area contributed by atoms with Crippen molar-refractivity contribution in [1.82, 2.24) is 9.97 Å². The third-order valence-electron chi connectivity index (χ3n) is 3.03. The van der Waals surface area contributed by atoms with E-state index in [9.17, 15) is 4.79 Å². The van der Waals surface area contributed by atoms with Gasteiger partial charge in [-0.2, -0.15) is 0 Å². The molecule has 0 saturated heterocycles. The van der Waals surface area contributed by atoms with Gasteiger partial charge in [0.15, 0.2) is 0 Å². The fourth-order valence-electron chi connectivity index (χ4n) is 1.91. The Labute approximate surface area is 125 Å². The van der Waals surface area contributed by atoms with Gasteiger partial charge in [-0.05, 0) is 31.1 Å². The number of hydrogen-bond acceptors (Lipinski definition) is 4. The van der Waals surface area contributed by atoms with Crippen LogP contribution in [0.2, 0.25) is 0 Å². The zero-order chi connectivity index (χ0) is 15.5. The van der Waals surface area contributed by atoms with Gasteiger partial charge < -0.3 is 10.4 Å². The molecule has 2 N–H and O–H groups in total. The second-order valence-electron chi connectivity index (χ2n) is 4.79. The Balaban J connectivity index is 2.22. The molecule has 5 heteroatoms. The van der Waals surface area contributed by atoms with Gasteiger partial charge in [-0.15, -0.1) is 0 Å². The third-order valence-corrected chi connectivity index (χ3v) is 3.03. The van der Waals surface area contributed by atoms with Crippen LogP contribution in [0.4, 0.5) is 5.95 Å². The van der Waals surface area contributed by atoms with Crippen molar-refractivity contribution in [3.8, 4) is 0 Å². The summed E-state index contributed by atoms with van der Waals surface area (Å²) in [6.07, 6.45) is 8.50. The summed E-state index contributed by atoms with van der Waals surface area (Å²) in [5, 5.41) is 11.7. The molecule has 0 amide bonds. The summed E-state index contributed by atoms with van der Waals surface area (Å²) in [5.41, 5.74) is 1.55. The van der Waals surface area contributed by atoms with E-state index >= 15 is 0 Å². The van der Waals surface area contributed by atoms with Crippen molar-refractivity contribution in [1.29, 1.82) is 0 Å². The number of anilines is 1. The van der Waals surface area contributed by atoms with Crippen LogP contribution in [0.15, 0.2) is 19.2 Å². The van der Waals surface area contributed by atoms with Crippen LogP contribution < -0.4 is 5.32 Å². The fraction of sp³-hybridized carbons (Fsp3) is 0.438. The summed E-state index contributed by atoms with van der Waals surface area (Å²) in [4.78, 5) is 19.0. The largest absolute Gasteiger partial charge is 0.481 e. The molecule has 0 aliphatic carbocycles. The summed E-state index contributed by atoms with van der Waals surface area (Å²) in [6.45, 7) is 8.21. The van der Waals surface area contributed by atoms with Gasteiger partial charge in [0.1, 0.15) is 0 Å². The van der Waals surface area contributed by atoms with Crippen molar-refractivity contribution in [2.45, 2.75) is 38.5 Å². The molecular formula is C16H23N3O2. The van der Waals surface area contributed by atoms with Crippen LogP contribution in [-0.2, 0) is 4.79 Å². The van der Waals surface area contributed by atoms with Crippen LogP contribution in [0.3, 0.4) is 0 Å².